The average Bonchev–Trinajstić information content (AvgIpc) is 2.54. The lowest BCUT2D eigenvalue weighted by Gasteiger charge is -2.13. The molecule has 0 aromatic carbocycles. The number of methoxy groups -OCH3 is 1. The van der Waals surface area contributed by atoms with Crippen molar-refractivity contribution in [3.63, 3.8) is 0 Å². The molecular weight excluding hydrogens is 214 g/mol. The number of esters is 1. The molecule has 0 bridgehead atoms. The van der Waals surface area contributed by atoms with Crippen LogP contribution in [0.25, 0.3) is 0 Å². The van der Waals surface area contributed by atoms with Crippen LogP contribution in [-0.2, 0) is 14.3 Å². The largest absolute Gasteiger partial charge is 0.466 e. The predicted octanol–water partition coefficient (Wildman–Crippen LogP) is 1.06. The van der Waals surface area contributed by atoms with Gasteiger partial charge < -0.3 is 9.64 Å². The van der Waals surface area contributed by atoms with E-state index < -0.39 is 0 Å². The van der Waals surface area contributed by atoms with E-state index in [4.69, 9.17) is 12.2 Å². The Labute approximate surface area is 93.9 Å². The highest BCUT2D eigenvalue weighted by molar-refractivity contribution is 7.80. The van der Waals surface area contributed by atoms with Crippen molar-refractivity contribution in [3.8, 4) is 0 Å². The van der Waals surface area contributed by atoms with Crippen LogP contribution in [0.15, 0.2) is 12.2 Å². The summed E-state index contributed by atoms with van der Waals surface area (Å²) < 4.78 is 4.43. The molecule has 0 radical (unpaired) electrons. The number of likely N-dealkylation sites (tertiary alicyclic amines) is 1. The summed E-state index contributed by atoms with van der Waals surface area (Å²) in [7, 11) is 1.33. The van der Waals surface area contributed by atoms with E-state index in [9.17, 15) is 9.59 Å². The van der Waals surface area contributed by atoms with E-state index in [0.29, 0.717) is 30.8 Å². The number of amides is 1. The van der Waals surface area contributed by atoms with Gasteiger partial charge in [0.2, 0.25) is 5.91 Å². The highest BCUT2D eigenvalue weighted by Crippen LogP contribution is 2.13. The SMILES string of the molecule is COC(=O)/C=C/CCN1C(=O)CCC1=S. The van der Waals surface area contributed by atoms with Gasteiger partial charge in [0.1, 0.15) is 0 Å². The number of nitrogens with zero attached hydrogens (tertiary/aromatic N) is 1. The maximum absolute atomic E-state index is 11.3. The van der Waals surface area contributed by atoms with Gasteiger partial charge in [-0.1, -0.05) is 18.3 Å². The average molecular weight is 227 g/mol. The molecule has 1 aliphatic rings. The number of carbonyl (C=O) groups is 2. The second-order valence-electron chi connectivity index (χ2n) is 3.15. The highest BCUT2D eigenvalue weighted by atomic mass is 32.1. The molecule has 1 aliphatic heterocycles. The summed E-state index contributed by atoms with van der Waals surface area (Å²) in [5.74, 6) is -0.309. The van der Waals surface area contributed by atoms with Gasteiger partial charge in [-0.2, -0.15) is 0 Å². The quantitative estimate of drug-likeness (QED) is 0.409. The number of thiocarbonyl (C=S) groups is 1. The lowest BCUT2D eigenvalue weighted by Crippen LogP contribution is -2.28. The van der Waals surface area contributed by atoms with Gasteiger partial charge in [0.05, 0.1) is 12.1 Å². The molecule has 1 fully saturated rings. The van der Waals surface area contributed by atoms with Gasteiger partial charge in [0.25, 0.3) is 0 Å². The van der Waals surface area contributed by atoms with E-state index in [1.807, 2.05) is 0 Å². The predicted molar refractivity (Wildman–Crippen MR) is 59.3 cm³/mol. The third-order valence-electron chi connectivity index (χ3n) is 2.13. The number of hydrogen-bond donors (Lipinski definition) is 0. The zero-order chi connectivity index (χ0) is 11.3. The van der Waals surface area contributed by atoms with Crippen LogP contribution in [0.3, 0.4) is 0 Å². The molecule has 0 aliphatic carbocycles. The van der Waals surface area contributed by atoms with Gasteiger partial charge >= 0.3 is 5.97 Å². The molecule has 0 unspecified atom stereocenters. The summed E-state index contributed by atoms with van der Waals surface area (Å²) in [6, 6.07) is 0. The number of ether oxygens (including phenoxy) is 1. The molecule has 1 amide bonds. The summed E-state index contributed by atoms with van der Waals surface area (Å²) in [6.45, 7) is 0.547. The fourth-order valence-electron chi connectivity index (χ4n) is 1.32. The first-order chi connectivity index (χ1) is 7.15. The van der Waals surface area contributed by atoms with E-state index in [0.717, 1.165) is 0 Å². The Kier molecular flexibility index (Phi) is 4.42. The maximum Gasteiger partial charge on any atom is 0.330 e. The van der Waals surface area contributed by atoms with E-state index in [1.165, 1.54) is 13.2 Å². The fraction of sp³-hybridized carbons (Fsp3) is 0.500. The Bertz CT molecular complexity index is 296. The van der Waals surface area contributed by atoms with Crippen LogP contribution in [0.1, 0.15) is 19.3 Å². The first kappa shape index (κ1) is 11.8. The van der Waals surface area contributed by atoms with E-state index >= 15 is 0 Å². The van der Waals surface area contributed by atoms with E-state index in [-0.39, 0.29) is 11.9 Å². The summed E-state index contributed by atoms with van der Waals surface area (Å²) in [5, 5.41) is 0. The van der Waals surface area contributed by atoms with Crippen molar-refractivity contribution in [1.29, 1.82) is 0 Å². The van der Waals surface area contributed by atoms with E-state index in [1.54, 1.807) is 11.0 Å². The minimum absolute atomic E-state index is 0.0754. The fourth-order valence-corrected chi connectivity index (χ4v) is 1.62. The van der Waals surface area contributed by atoms with Crippen molar-refractivity contribution in [2.75, 3.05) is 13.7 Å². The highest BCUT2D eigenvalue weighted by Gasteiger charge is 2.24. The third kappa shape index (κ3) is 3.43. The molecule has 0 saturated carbocycles. The molecule has 1 saturated heterocycles. The van der Waals surface area contributed by atoms with Gasteiger partial charge in [-0.05, 0) is 6.42 Å². The summed E-state index contributed by atoms with van der Waals surface area (Å²) >= 11 is 5.03. The van der Waals surface area contributed by atoms with Crippen LogP contribution in [-0.4, -0.2) is 35.4 Å². The third-order valence-corrected chi connectivity index (χ3v) is 2.55. The van der Waals surface area contributed by atoms with Crippen LogP contribution in [0.2, 0.25) is 0 Å². The molecule has 0 aromatic heterocycles. The number of carbonyl (C=O) groups excluding carboxylic acids is 2. The monoisotopic (exact) mass is 227 g/mol. The summed E-state index contributed by atoms with van der Waals surface area (Å²) in [6.07, 6.45) is 4.83. The van der Waals surface area contributed by atoms with E-state index in [2.05, 4.69) is 4.74 Å². The number of hydrogen-bond acceptors (Lipinski definition) is 4. The molecule has 15 heavy (non-hydrogen) atoms. The molecule has 1 heterocycles. The van der Waals surface area contributed by atoms with Crippen molar-refractivity contribution >= 4 is 29.1 Å². The smallest absolute Gasteiger partial charge is 0.330 e. The van der Waals surface area contributed by atoms with Crippen LogP contribution >= 0.6 is 12.2 Å². The van der Waals surface area contributed by atoms with Crippen LogP contribution in [0, 0.1) is 0 Å². The Morgan fingerprint density at radius 2 is 2.33 bits per heavy atom. The second-order valence-corrected chi connectivity index (χ2v) is 3.62. The van der Waals surface area contributed by atoms with Gasteiger partial charge in [-0.3, -0.25) is 4.79 Å². The minimum Gasteiger partial charge on any atom is -0.466 e. The van der Waals surface area contributed by atoms with Crippen molar-refractivity contribution < 1.29 is 14.3 Å². The summed E-state index contributed by atoms with van der Waals surface area (Å²) in [4.78, 5) is 24.3. The normalized spacial score (nSPS) is 16.5. The van der Waals surface area contributed by atoms with Gasteiger partial charge in [0.15, 0.2) is 0 Å². The number of rotatable bonds is 4. The molecule has 5 heteroatoms. The Hall–Kier alpha value is -1.23. The van der Waals surface area contributed by atoms with Gasteiger partial charge in [-0.25, -0.2) is 4.79 Å². The van der Waals surface area contributed by atoms with Gasteiger partial charge in [-0.15, -0.1) is 0 Å². The Morgan fingerprint density at radius 3 is 2.87 bits per heavy atom. The molecule has 0 aromatic rings. The first-order valence-electron chi connectivity index (χ1n) is 4.73. The second kappa shape index (κ2) is 5.60. The molecule has 4 nitrogen and oxygen atoms in total. The summed E-state index contributed by atoms with van der Waals surface area (Å²) in [5.41, 5.74) is 0. The topological polar surface area (TPSA) is 46.6 Å². The van der Waals surface area contributed by atoms with Crippen LogP contribution < -0.4 is 0 Å². The molecule has 0 N–H and O–H groups in total. The van der Waals surface area contributed by atoms with Gasteiger partial charge in [0, 0.05) is 25.5 Å². The van der Waals surface area contributed by atoms with Crippen molar-refractivity contribution in [2.45, 2.75) is 19.3 Å². The van der Waals surface area contributed by atoms with Crippen LogP contribution in [0.4, 0.5) is 0 Å². The van der Waals surface area contributed by atoms with Crippen molar-refractivity contribution in [2.24, 2.45) is 0 Å². The van der Waals surface area contributed by atoms with Crippen LogP contribution in [0.5, 0.6) is 0 Å². The molecule has 0 spiro atoms. The Balaban J connectivity index is 2.31. The van der Waals surface area contributed by atoms with Crippen molar-refractivity contribution in [3.05, 3.63) is 12.2 Å². The minimum atomic E-state index is -0.384. The zero-order valence-corrected chi connectivity index (χ0v) is 9.38. The molecule has 82 valence electrons. The first-order valence-corrected chi connectivity index (χ1v) is 5.13. The zero-order valence-electron chi connectivity index (χ0n) is 8.56. The molecule has 1 rings (SSSR count). The lowest BCUT2D eigenvalue weighted by molar-refractivity contribution is -0.134. The molecule has 0 atom stereocenters. The maximum atomic E-state index is 11.3. The Morgan fingerprint density at radius 1 is 1.60 bits per heavy atom. The lowest BCUT2D eigenvalue weighted by atomic mass is 10.3. The standard InChI is InChI=1S/C10H13NO3S/c1-14-10(13)4-2-3-7-11-8(12)5-6-9(11)15/h2,4H,3,5-7H2,1H3/b4-2+. The molecular formula is C10H13NO3S. The van der Waals surface area contributed by atoms with Crippen molar-refractivity contribution in [1.82, 2.24) is 4.90 Å².